The molecule has 1 unspecified atom stereocenters. The molecule has 2 N–H and O–H groups in total. The number of nitro benzene ring substituents is 1. The summed E-state index contributed by atoms with van der Waals surface area (Å²) >= 11 is 0. The van der Waals surface area contributed by atoms with Crippen molar-refractivity contribution in [3.8, 4) is 5.75 Å². The fourth-order valence-corrected chi connectivity index (χ4v) is 1.47. The molecule has 6 heteroatoms. The first-order valence-electron chi connectivity index (χ1n) is 5.87. The van der Waals surface area contributed by atoms with Gasteiger partial charge < -0.3 is 15.2 Å². The lowest BCUT2D eigenvalue weighted by atomic mass is 10.2. The van der Waals surface area contributed by atoms with E-state index in [9.17, 15) is 10.1 Å². The number of rotatable bonds is 7. The van der Waals surface area contributed by atoms with E-state index < -0.39 is 4.92 Å². The molecular formula is C12H18N2O4. The van der Waals surface area contributed by atoms with Gasteiger partial charge in [0, 0.05) is 24.4 Å². The molecule has 0 saturated heterocycles. The summed E-state index contributed by atoms with van der Waals surface area (Å²) in [6, 6.07) is 4.64. The van der Waals surface area contributed by atoms with Gasteiger partial charge in [0.05, 0.1) is 17.6 Å². The van der Waals surface area contributed by atoms with Gasteiger partial charge in [-0.25, -0.2) is 0 Å². The summed E-state index contributed by atoms with van der Waals surface area (Å²) < 4.78 is 5.24. The molecule has 18 heavy (non-hydrogen) atoms. The molecule has 0 spiro atoms. The summed E-state index contributed by atoms with van der Waals surface area (Å²) in [6.07, 6.45) is 0.239. The van der Waals surface area contributed by atoms with E-state index in [4.69, 9.17) is 9.84 Å². The lowest BCUT2D eigenvalue weighted by molar-refractivity contribution is -0.385. The molecule has 0 aliphatic heterocycles. The van der Waals surface area contributed by atoms with Crippen LogP contribution in [0.2, 0.25) is 0 Å². The molecule has 1 aromatic rings. The third-order valence-corrected chi connectivity index (χ3v) is 2.35. The van der Waals surface area contributed by atoms with Crippen molar-refractivity contribution in [2.45, 2.75) is 26.4 Å². The van der Waals surface area contributed by atoms with E-state index in [-0.39, 0.29) is 17.5 Å². The maximum atomic E-state index is 10.8. The van der Waals surface area contributed by atoms with Gasteiger partial charge in [-0.2, -0.15) is 0 Å². The van der Waals surface area contributed by atoms with Crippen molar-refractivity contribution in [2.75, 3.05) is 18.5 Å². The van der Waals surface area contributed by atoms with Crippen molar-refractivity contribution in [1.82, 2.24) is 0 Å². The van der Waals surface area contributed by atoms with Crippen LogP contribution in [0.4, 0.5) is 11.4 Å². The van der Waals surface area contributed by atoms with Gasteiger partial charge in [0.1, 0.15) is 0 Å². The second kappa shape index (κ2) is 6.80. The van der Waals surface area contributed by atoms with Crippen molar-refractivity contribution in [3.63, 3.8) is 0 Å². The Kier molecular flexibility index (Phi) is 5.38. The molecule has 0 bridgehead atoms. The van der Waals surface area contributed by atoms with Gasteiger partial charge in [0.2, 0.25) is 0 Å². The third-order valence-electron chi connectivity index (χ3n) is 2.35. The van der Waals surface area contributed by atoms with Gasteiger partial charge in [-0.15, -0.1) is 0 Å². The number of aliphatic hydroxyl groups is 1. The van der Waals surface area contributed by atoms with Gasteiger partial charge in [0.15, 0.2) is 5.75 Å². The van der Waals surface area contributed by atoms with Crippen LogP contribution >= 0.6 is 0 Å². The van der Waals surface area contributed by atoms with Crippen molar-refractivity contribution in [2.24, 2.45) is 0 Å². The Morgan fingerprint density at radius 2 is 2.28 bits per heavy atom. The van der Waals surface area contributed by atoms with Crippen LogP contribution < -0.4 is 10.1 Å². The van der Waals surface area contributed by atoms with Crippen LogP contribution in [0.15, 0.2) is 18.2 Å². The summed E-state index contributed by atoms with van der Waals surface area (Å²) in [5.74, 6) is 0.254. The van der Waals surface area contributed by atoms with Gasteiger partial charge in [-0.05, 0) is 26.3 Å². The molecule has 0 heterocycles. The van der Waals surface area contributed by atoms with E-state index in [2.05, 4.69) is 5.32 Å². The molecule has 100 valence electrons. The Bertz CT molecular complexity index is 407. The number of nitrogens with zero attached hydrogens (tertiary/aromatic N) is 1. The Morgan fingerprint density at radius 1 is 1.56 bits per heavy atom. The Labute approximate surface area is 106 Å². The molecule has 0 radical (unpaired) electrons. The molecule has 1 atom stereocenters. The largest absolute Gasteiger partial charge is 0.487 e. The monoisotopic (exact) mass is 254 g/mol. The van der Waals surface area contributed by atoms with E-state index in [0.717, 1.165) is 5.69 Å². The molecule has 6 nitrogen and oxygen atoms in total. The predicted octanol–water partition coefficient (Wildman–Crippen LogP) is 2.18. The second-order valence-corrected chi connectivity index (χ2v) is 3.94. The van der Waals surface area contributed by atoms with E-state index in [0.29, 0.717) is 19.6 Å². The number of anilines is 1. The van der Waals surface area contributed by atoms with Crippen LogP contribution in [-0.2, 0) is 0 Å². The molecule has 1 rings (SSSR count). The topological polar surface area (TPSA) is 84.6 Å². The highest BCUT2D eigenvalue weighted by atomic mass is 16.6. The maximum absolute atomic E-state index is 10.8. The highest BCUT2D eigenvalue weighted by Crippen LogP contribution is 2.30. The lowest BCUT2D eigenvalue weighted by Crippen LogP contribution is -2.10. The van der Waals surface area contributed by atoms with Crippen LogP contribution in [0, 0.1) is 10.1 Å². The average Bonchev–Trinajstić information content (AvgIpc) is 2.29. The van der Waals surface area contributed by atoms with E-state index in [1.807, 2.05) is 0 Å². The smallest absolute Gasteiger partial charge is 0.311 e. The fourth-order valence-electron chi connectivity index (χ4n) is 1.47. The molecule has 0 aromatic heterocycles. The molecular weight excluding hydrogens is 236 g/mol. The van der Waals surface area contributed by atoms with E-state index in [1.54, 1.807) is 26.0 Å². The first kappa shape index (κ1) is 14.2. The summed E-state index contributed by atoms with van der Waals surface area (Å²) in [5.41, 5.74) is 0.697. The van der Waals surface area contributed by atoms with Crippen molar-refractivity contribution in [3.05, 3.63) is 28.3 Å². The molecule has 0 aliphatic carbocycles. The van der Waals surface area contributed by atoms with Crippen LogP contribution in [0.1, 0.15) is 20.3 Å². The fraction of sp³-hybridized carbons (Fsp3) is 0.500. The van der Waals surface area contributed by atoms with Crippen molar-refractivity contribution in [1.29, 1.82) is 0 Å². The van der Waals surface area contributed by atoms with Gasteiger partial charge in [0.25, 0.3) is 0 Å². The number of benzene rings is 1. The van der Waals surface area contributed by atoms with Gasteiger partial charge in [-0.1, -0.05) is 0 Å². The summed E-state index contributed by atoms with van der Waals surface area (Å²) in [6.45, 7) is 4.46. The van der Waals surface area contributed by atoms with E-state index >= 15 is 0 Å². The quantitative estimate of drug-likeness (QED) is 0.575. The minimum atomic E-state index is -0.468. The minimum absolute atomic E-state index is 0.0436. The molecule has 0 fully saturated rings. The Morgan fingerprint density at radius 3 is 2.83 bits per heavy atom. The standard InChI is InChI=1S/C12H18N2O4/c1-3-18-12-8-10(13-7-6-9(2)15)4-5-11(12)14(16)17/h4-5,8-9,13,15H,3,6-7H2,1-2H3. The summed E-state index contributed by atoms with van der Waals surface area (Å²) in [7, 11) is 0. The van der Waals surface area contributed by atoms with Crippen LogP contribution in [0.5, 0.6) is 5.75 Å². The van der Waals surface area contributed by atoms with Crippen molar-refractivity contribution < 1.29 is 14.8 Å². The van der Waals surface area contributed by atoms with Gasteiger partial charge in [-0.3, -0.25) is 10.1 Å². The normalized spacial score (nSPS) is 11.9. The number of ether oxygens (including phenoxy) is 1. The van der Waals surface area contributed by atoms with Gasteiger partial charge >= 0.3 is 5.69 Å². The molecule has 0 saturated carbocycles. The van der Waals surface area contributed by atoms with Crippen molar-refractivity contribution >= 4 is 11.4 Å². The molecule has 0 aliphatic rings. The first-order chi connectivity index (χ1) is 8.54. The number of aliphatic hydroxyl groups excluding tert-OH is 1. The highest BCUT2D eigenvalue weighted by molar-refractivity contribution is 5.57. The zero-order valence-electron chi connectivity index (χ0n) is 10.5. The maximum Gasteiger partial charge on any atom is 0.311 e. The second-order valence-electron chi connectivity index (χ2n) is 3.94. The zero-order valence-corrected chi connectivity index (χ0v) is 10.5. The molecule has 1 aromatic carbocycles. The number of hydrogen-bond donors (Lipinski definition) is 2. The Balaban J connectivity index is 2.76. The van der Waals surface area contributed by atoms with Crippen LogP contribution in [-0.4, -0.2) is 29.3 Å². The number of nitro groups is 1. The third kappa shape index (κ3) is 4.21. The number of nitrogens with one attached hydrogen (secondary N) is 1. The number of hydrogen-bond acceptors (Lipinski definition) is 5. The lowest BCUT2D eigenvalue weighted by Gasteiger charge is -2.10. The Hall–Kier alpha value is -1.82. The zero-order chi connectivity index (χ0) is 13.5. The highest BCUT2D eigenvalue weighted by Gasteiger charge is 2.15. The minimum Gasteiger partial charge on any atom is -0.487 e. The van der Waals surface area contributed by atoms with E-state index in [1.165, 1.54) is 6.07 Å². The van der Waals surface area contributed by atoms with Crippen LogP contribution in [0.25, 0.3) is 0 Å². The summed E-state index contributed by atoms with van der Waals surface area (Å²) in [5, 5.41) is 23.0. The first-order valence-corrected chi connectivity index (χ1v) is 5.87. The summed E-state index contributed by atoms with van der Waals surface area (Å²) in [4.78, 5) is 10.3. The average molecular weight is 254 g/mol. The molecule has 0 amide bonds. The predicted molar refractivity (Wildman–Crippen MR) is 69.1 cm³/mol. The SMILES string of the molecule is CCOc1cc(NCCC(C)O)ccc1[N+](=O)[O-]. The van der Waals surface area contributed by atoms with Crippen LogP contribution in [0.3, 0.4) is 0 Å².